The normalized spacial score (nSPS) is 8.45. The fourth-order valence-electron chi connectivity index (χ4n) is 0.592. The van der Waals surface area contributed by atoms with Gasteiger partial charge in [0.05, 0.1) is 5.56 Å². The molecule has 0 unspecified atom stereocenters. The van der Waals surface area contributed by atoms with Gasteiger partial charge in [-0.05, 0) is 24.3 Å². The number of hydrogen-bond acceptors (Lipinski definition) is 1. The molecule has 4 heteroatoms. The first-order valence-electron chi connectivity index (χ1n) is 2.69. The summed E-state index contributed by atoms with van der Waals surface area (Å²) in [5.74, 6) is -0.934. The van der Waals surface area contributed by atoms with Gasteiger partial charge in [-0.3, -0.25) is 0 Å². The third-order valence-electron chi connectivity index (χ3n) is 1.09. The molecule has 1 rings (SSSR count). The van der Waals surface area contributed by atoms with Crippen LogP contribution < -0.4 is 0 Å². The van der Waals surface area contributed by atoms with Crippen LogP contribution in [0.25, 0.3) is 0 Å². The number of carboxylic acids is 1. The van der Waals surface area contributed by atoms with Gasteiger partial charge in [0.2, 0.25) is 0 Å². The molecule has 1 aromatic rings. The fraction of sp³-hybridized carbons (Fsp3) is 0. The Morgan fingerprint density at radius 2 is 1.73 bits per heavy atom. The first kappa shape index (κ1) is 10.9. The van der Waals surface area contributed by atoms with Gasteiger partial charge in [-0.2, -0.15) is 0 Å². The van der Waals surface area contributed by atoms with Crippen molar-refractivity contribution in [2.24, 2.45) is 0 Å². The predicted molar refractivity (Wildman–Crippen MR) is 38.4 cm³/mol. The van der Waals surface area contributed by atoms with Crippen LogP contribution in [-0.2, 0) is 27.7 Å². The summed E-state index contributed by atoms with van der Waals surface area (Å²) in [5, 5.41) is 8.98. The van der Waals surface area contributed by atoms with Gasteiger partial charge in [-0.1, -0.05) is 11.6 Å². The van der Waals surface area contributed by atoms with Crippen LogP contribution >= 0.6 is 11.6 Å². The molecule has 2 nitrogen and oxygen atoms in total. The first-order valence-corrected chi connectivity index (χ1v) is 3.07. The Hall–Kier alpha value is -0.0849. The van der Waals surface area contributed by atoms with Gasteiger partial charge in [0.25, 0.3) is 0 Å². The van der Waals surface area contributed by atoms with Crippen molar-refractivity contribution in [1.82, 2.24) is 0 Å². The molecule has 0 amide bonds. The summed E-state index contributed by atoms with van der Waals surface area (Å²) in [6, 6.07) is 6.02. The molecule has 54 valence electrons. The van der Waals surface area contributed by atoms with Crippen molar-refractivity contribution in [3.63, 3.8) is 0 Å². The van der Waals surface area contributed by atoms with E-state index in [4.69, 9.17) is 16.7 Å². The average molecular weight is 357 g/mol. The quantitative estimate of drug-likeness (QED) is 0.782. The minimum Gasteiger partial charge on any atom is -0.478 e. The molecule has 0 bridgehead atoms. The van der Waals surface area contributed by atoms with E-state index < -0.39 is 5.97 Å². The summed E-state index contributed by atoms with van der Waals surface area (Å²) < 4.78 is 0. The molecule has 11 heavy (non-hydrogen) atoms. The van der Waals surface area contributed by atoms with Crippen molar-refractivity contribution in [2.45, 2.75) is 0 Å². The SMILES string of the molecule is O=C(O)c1ccc(Cl)cc1.[Hg]. The maximum Gasteiger partial charge on any atom is 0.335 e. The molecule has 1 aromatic carbocycles. The first-order chi connectivity index (χ1) is 4.70. The van der Waals surface area contributed by atoms with Crippen molar-refractivity contribution < 1.29 is 37.6 Å². The van der Waals surface area contributed by atoms with E-state index in [1.54, 1.807) is 12.1 Å². The largest absolute Gasteiger partial charge is 0.478 e. The Bertz CT molecular complexity index is 245. The molecule has 0 spiro atoms. The van der Waals surface area contributed by atoms with Gasteiger partial charge in [0.1, 0.15) is 0 Å². The van der Waals surface area contributed by atoms with Crippen LogP contribution in [0.2, 0.25) is 5.02 Å². The number of aromatic carboxylic acids is 1. The summed E-state index contributed by atoms with van der Waals surface area (Å²) >= 11 is 5.52. The molecule has 0 heterocycles. The smallest absolute Gasteiger partial charge is 0.335 e. The Morgan fingerprint density at radius 1 is 1.27 bits per heavy atom. The van der Waals surface area contributed by atoms with Crippen LogP contribution in [-0.4, -0.2) is 11.1 Å². The van der Waals surface area contributed by atoms with Gasteiger partial charge in [-0.15, -0.1) is 0 Å². The van der Waals surface area contributed by atoms with Gasteiger partial charge in [0.15, 0.2) is 0 Å². The molecule has 0 fully saturated rings. The van der Waals surface area contributed by atoms with Gasteiger partial charge < -0.3 is 5.11 Å². The molecule has 0 radical (unpaired) electrons. The molecule has 0 aliphatic carbocycles. The molecule has 0 saturated heterocycles. The van der Waals surface area contributed by atoms with Gasteiger partial charge >= 0.3 is 5.97 Å². The van der Waals surface area contributed by atoms with Crippen molar-refractivity contribution >= 4 is 17.6 Å². The summed E-state index contributed by atoms with van der Waals surface area (Å²) in [6.45, 7) is 0. The van der Waals surface area contributed by atoms with Crippen molar-refractivity contribution in [2.75, 3.05) is 0 Å². The minimum atomic E-state index is -0.934. The third-order valence-corrected chi connectivity index (χ3v) is 1.34. The van der Waals surface area contributed by atoms with Crippen LogP contribution in [0.5, 0.6) is 0 Å². The number of carbonyl (C=O) groups is 1. The maximum atomic E-state index is 10.3. The monoisotopic (exact) mass is 358 g/mol. The van der Waals surface area contributed by atoms with E-state index in [2.05, 4.69) is 0 Å². The molecule has 1 N–H and O–H groups in total. The van der Waals surface area contributed by atoms with E-state index in [9.17, 15) is 4.79 Å². The number of hydrogen-bond donors (Lipinski definition) is 1. The maximum absolute atomic E-state index is 10.3. The van der Waals surface area contributed by atoms with E-state index in [1.165, 1.54) is 12.1 Å². The summed E-state index contributed by atoms with van der Waals surface area (Å²) in [5.41, 5.74) is 0.254. The van der Waals surface area contributed by atoms with Crippen molar-refractivity contribution in [1.29, 1.82) is 0 Å². The second-order valence-electron chi connectivity index (χ2n) is 1.81. The van der Waals surface area contributed by atoms with Crippen LogP contribution in [0.1, 0.15) is 10.4 Å². The van der Waals surface area contributed by atoms with E-state index in [-0.39, 0.29) is 33.2 Å². The zero-order chi connectivity index (χ0) is 7.56. The average Bonchev–Trinajstić information content (AvgIpc) is 1.88. The van der Waals surface area contributed by atoms with Gasteiger partial charge in [0, 0.05) is 32.7 Å². The van der Waals surface area contributed by atoms with Crippen LogP contribution in [0, 0.1) is 0 Å². The zero-order valence-electron chi connectivity index (χ0n) is 5.75. The molecule has 0 saturated carbocycles. The zero-order valence-corrected chi connectivity index (χ0v) is 12.0. The molecule has 0 atom stereocenters. The van der Waals surface area contributed by atoms with Crippen LogP contribution in [0.4, 0.5) is 0 Å². The number of halogens is 1. The Morgan fingerprint density at radius 3 is 2.09 bits per heavy atom. The number of rotatable bonds is 1. The molecule has 0 aliphatic heterocycles. The van der Waals surface area contributed by atoms with Crippen molar-refractivity contribution in [3.05, 3.63) is 34.9 Å². The van der Waals surface area contributed by atoms with E-state index >= 15 is 0 Å². The number of benzene rings is 1. The third kappa shape index (κ3) is 3.21. The Labute approximate surface area is 89.7 Å². The standard InChI is InChI=1S/C7H5ClO2.Hg/c8-6-3-1-5(2-4-6)7(9)10;/h1-4H,(H,9,10);. The number of carboxylic acid groups (broad SMARTS) is 1. The molecule has 0 aliphatic rings. The molecular formula is C7H5ClHgO2. The Balaban J connectivity index is 0.000001000. The molecule has 0 aromatic heterocycles. The van der Waals surface area contributed by atoms with Crippen LogP contribution in [0.3, 0.4) is 0 Å². The minimum absolute atomic E-state index is 0. The van der Waals surface area contributed by atoms with Gasteiger partial charge in [-0.25, -0.2) is 4.79 Å². The second-order valence-corrected chi connectivity index (χ2v) is 2.25. The molecular weight excluding hydrogens is 352 g/mol. The summed E-state index contributed by atoms with van der Waals surface area (Å²) in [6.07, 6.45) is 0. The van der Waals surface area contributed by atoms with Crippen LogP contribution in [0.15, 0.2) is 24.3 Å². The van der Waals surface area contributed by atoms with E-state index in [1.807, 2.05) is 0 Å². The summed E-state index contributed by atoms with van der Waals surface area (Å²) in [7, 11) is 0. The van der Waals surface area contributed by atoms with E-state index in [0.717, 1.165) is 0 Å². The predicted octanol–water partition coefficient (Wildman–Crippen LogP) is 2.04. The fourth-order valence-corrected chi connectivity index (χ4v) is 0.718. The van der Waals surface area contributed by atoms with E-state index in [0.29, 0.717) is 5.02 Å². The van der Waals surface area contributed by atoms with Crippen molar-refractivity contribution in [3.8, 4) is 0 Å². The second kappa shape index (κ2) is 4.72. The summed E-state index contributed by atoms with van der Waals surface area (Å²) in [4.78, 5) is 10.3. The topological polar surface area (TPSA) is 37.3 Å². The Kier molecular flexibility index (Phi) is 4.69.